The van der Waals surface area contributed by atoms with Gasteiger partial charge < -0.3 is 16.4 Å². The van der Waals surface area contributed by atoms with Crippen LogP contribution in [0.3, 0.4) is 0 Å². The van der Waals surface area contributed by atoms with Crippen LogP contribution in [0.2, 0.25) is 0 Å². The minimum absolute atomic E-state index is 0.0211. The van der Waals surface area contributed by atoms with Crippen LogP contribution in [-0.2, 0) is 4.79 Å². The van der Waals surface area contributed by atoms with Crippen LogP contribution in [-0.4, -0.2) is 24.8 Å². The lowest BCUT2D eigenvalue weighted by molar-refractivity contribution is -0.114. The van der Waals surface area contributed by atoms with Crippen LogP contribution < -0.4 is 16.4 Å². The molecule has 0 saturated carbocycles. The summed E-state index contributed by atoms with van der Waals surface area (Å²) in [4.78, 5) is 23.2. The first kappa shape index (κ1) is 14.7. The zero-order valence-electron chi connectivity index (χ0n) is 11.5. The Morgan fingerprint density at radius 1 is 0.905 bits per heavy atom. The Bertz CT molecular complexity index is 609. The maximum Gasteiger partial charge on any atom is 0.243 e. The normalized spacial score (nSPS) is 9.95. The number of anilines is 2. The molecule has 0 fully saturated rings. The van der Waals surface area contributed by atoms with Crippen molar-refractivity contribution in [3.63, 3.8) is 0 Å². The number of carbonyl (C=O) groups excluding carboxylic acids is 2. The molecule has 1 amide bonds. The Hall–Kier alpha value is -2.66. The second-order valence-corrected chi connectivity index (χ2v) is 4.47. The third kappa shape index (κ3) is 4.43. The molecule has 0 heterocycles. The first-order valence-electron chi connectivity index (χ1n) is 6.61. The van der Waals surface area contributed by atoms with E-state index in [0.29, 0.717) is 11.3 Å². The van der Waals surface area contributed by atoms with E-state index in [9.17, 15) is 9.59 Å². The smallest absolute Gasteiger partial charge is 0.243 e. The summed E-state index contributed by atoms with van der Waals surface area (Å²) in [6.07, 6.45) is 0. The van der Waals surface area contributed by atoms with Gasteiger partial charge in [0.2, 0.25) is 5.91 Å². The lowest BCUT2D eigenvalue weighted by atomic mass is 10.1. The van der Waals surface area contributed by atoms with Crippen molar-refractivity contribution in [2.75, 3.05) is 23.7 Å². The van der Waals surface area contributed by atoms with Gasteiger partial charge in [-0.3, -0.25) is 9.59 Å². The Labute approximate surface area is 123 Å². The van der Waals surface area contributed by atoms with Gasteiger partial charge in [0.05, 0.1) is 13.1 Å². The number of carbonyl (C=O) groups is 2. The molecule has 0 saturated heterocycles. The second kappa shape index (κ2) is 7.21. The van der Waals surface area contributed by atoms with Crippen molar-refractivity contribution in [2.24, 2.45) is 5.73 Å². The molecule has 0 aliphatic rings. The van der Waals surface area contributed by atoms with E-state index in [1.54, 1.807) is 24.3 Å². The molecule has 0 atom stereocenters. The zero-order valence-corrected chi connectivity index (χ0v) is 11.5. The molecular formula is C16H17N3O2. The molecule has 5 nitrogen and oxygen atoms in total. The lowest BCUT2D eigenvalue weighted by Gasteiger charge is -2.08. The van der Waals surface area contributed by atoms with Crippen molar-refractivity contribution in [3.05, 3.63) is 60.2 Å². The van der Waals surface area contributed by atoms with Crippen LogP contribution in [0.15, 0.2) is 54.6 Å². The van der Waals surface area contributed by atoms with Crippen LogP contribution in [0.25, 0.3) is 0 Å². The largest absolute Gasteiger partial charge is 0.376 e. The number of ketones is 1. The first-order valence-corrected chi connectivity index (χ1v) is 6.61. The number of rotatable bonds is 6. The highest BCUT2D eigenvalue weighted by Crippen LogP contribution is 2.10. The van der Waals surface area contributed by atoms with Crippen molar-refractivity contribution in [1.29, 1.82) is 0 Å². The molecule has 108 valence electrons. The third-order valence-electron chi connectivity index (χ3n) is 2.90. The van der Waals surface area contributed by atoms with Crippen LogP contribution >= 0.6 is 0 Å². The quantitative estimate of drug-likeness (QED) is 0.707. The van der Waals surface area contributed by atoms with Crippen LogP contribution in [0, 0.1) is 0 Å². The molecule has 0 aliphatic carbocycles. The maximum absolute atomic E-state index is 11.8. The second-order valence-electron chi connectivity index (χ2n) is 4.47. The SMILES string of the molecule is NCC(=O)c1ccc(NC(=O)CNc2ccccc2)cc1. The fraction of sp³-hybridized carbons (Fsp3) is 0.125. The summed E-state index contributed by atoms with van der Waals surface area (Å²) in [6, 6.07) is 16.1. The third-order valence-corrected chi connectivity index (χ3v) is 2.90. The van der Waals surface area contributed by atoms with E-state index >= 15 is 0 Å². The van der Waals surface area contributed by atoms with Gasteiger partial charge in [-0.1, -0.05) is 18.2 Å². The van der Waals surface area contributed by atoms with Crippen molar-refractivity contribution in [1.82, 2.24) is 0 Å². The molecule has 0 aliphatic heterocycles. The van der Waals surface area contributed by atoms with Gasteiger partial charge in [0.1, 0.15) is 0 Å². The van der Waals surface area contributed by atoms with Gasteiger partial charge in [-0.15, -0.1) is 0 Å². The van der Waals surface area contributed by atoms with E-state index in [0.717, 1.165) is 5.69 Å². The molecule has 2 aromatic carbocycles. The Morgan fingerprint density at radius 3 is 2.19 bits per heavy atom. The van der Waals surface area contributed by atoms with Gasteiger partial charge >= 0.3 is 0 Å². The van der Waals surface area contributed by atoms with E-state index in [2.05, 4.69) is 10.6 Å². The molecule has 2 rings (SSSR count). The minimum Gasteiger partial charge on any atom is -0.376 e. The highest BCUT2D eigenvalue weighted by molar-refractivity contribution is 5.98. The number of Topliss-reactive ketones (excluding diaryl/α,β-unsaturated/α-hetero) is 1. The number of benzene rings is 2. The van der Waals surface area contributed by atoms with E-state index in [4.69, 9.17) is 5.73 Å². The van der Waals surface area contributed by atoms with Gasteiger partial charge in [-0.25, -0.2) is 0 Å². The monoisotopic (exact) mass is 283 g/mol. The van der Waals surface area contributed by atoms with Crippen molar-refractivity contribution >= 4 is 23.1 Å². The number of hydrogen-bond acceptors (Lipinski definition) is 4. The van der Waals surface area contributed by atoms with Crippen LogP contribution in [0.4, 0.5) is 11.4 Å². The fourth-order valence-electron chi connectivity index (χ4n) is 1.80. The molecule has 2 aromatic rings. The maximum atomic E-state index is 11.8. The predicted molar refractivity (Wildman–Crippen MR) is 83.4 cm³/mol. The van der Waals surface area contributed by atoms with E-state index in [1.165, 1.54) is 0 Å². The first-order chi connectivity index (χ1) is 10.2. The van der Waals surface area contributed by atoms with Gasteiger partial charge in [0, 0.05) is 16.9 Å². The molecule has 21 heavy (non-hydrogen) atoms. The van der Waals surface area contributed by atoms with Crippen LogP contribution in [0.1, 0.15) is 10.4 Å². The van der Waals surface area contributed by atoms with Gasteiger partial charge in [-0.05, 0) is 36.4 Å². The minimum atomic E-state index is -0.156. The van der Waals surface area contributed by atoms with Crippen molar-refractivity contribution < 1.29 is 9.59 Å². The summed E-state index contributed by atoms with van der Waals surface area (Å²) in [5.41, 5.74) is 7.36. The Kier molecular flexibility index (Phi) is 5.06. The van der Waals surface area contributed by atoms with E-state index in [1.807, 2.05) is 30.3 Å². The lowest BCUT2D eigenvalue weighted by Crippen LogP contribution is -2.21. The Morgan fingerprint density at radius 2 is 1.57 bits per heavy atom. The highest BCUT2D eigenvalue weighted by Gasteiger charge is 2.05. The predicted octanol–water partition coefficient (Wildman–Crippen LogP) is 1.88. The van der Waals surface area contributed by atoms with Gasteiger partial charge in [0.15, 0.2) is 5.78 Å². The summed E-state index contributed by atoms with van der Waals surface area (Å²) in [5.74, 6) is -0.282. The molecule has 0 unspecified atom stereocenters. The standard InChI is InChI=1S/C16H17N3O2/c17-10-15(20)12-6-8-14(9-7-12)19-16(21)11-18-13-4-2-1-3-5-13/h1-9,18H,10-11,17H2,(H,19,21). The summed E-state index contributed by atoms with van der Waals surface area (Å²) in [7, 11) is 0. The van der Waals surface area contributed by atoms with Crippen LogP contribution in [0.5, 0.6) is 0 Å². The number of hydrogen-bond donors (Lipinski definition) is 3. The van der Waals surface area contributed by atoms with E-state index < -0.39 is 0 Å². The summed E-state index contributed by atoms with van der Waals surface area (Å²) >= 11 is 0. The number of para-hydroxylation sites is 1. The zero-order chi connectivity index (χ0) is 15.1. The summed E-state index contributed by atoms with van der Waals surface area (Å²) in [6.45, 7) is 0.153. The Balaban J connectivity index is 1.86. The molecule has 0 spiro atoms. The van der Waals surface area contributed by atoms with Crippen molar-refractivity contribution in [2.45, 2.75) is 0 Å². The number of nitrogens with two attached hydrogens (primary N) is 1. The fourth-order valence-corrected chi connectivity index (χ4v) is 1.80. The average Bonchev–Trinajstić information content (AvgIpc) is 2.54. The number of nitrogens with one attached hydrogen (secondary N) is 2. The number of amides is 1. The topological polar surface area (TPSA) is 84.2 Å². The molecule has 4 N–H and O–H groups in total. The van der Waals surface area contributed by atoms with Crippen molar-refractivity contribution in [3.8, 4) is 0 Å². The molecular weight excluding hydrogens is 266 g/mol. The molecule has 0 aromatic heterocycles. The highest BCUT2D eigenvalue weighted by atomic mass is 16.2. The summed E-state index contributed by atoms with van der Waals surface area (Å²) < 4.78 is 0. The average molecular weight is 283 g/mol. The molecule has 0 bridgehead atoms. The summed E-state index contributed by atoms with van der Waals surface area (Å²) in [5, 5.41) is 5.77. The molecule has 5 heteroatoms. The van der Waals surface area contributed by atoms with E-state index in [-0.39, 0.29) is 24.8 Å². The van der Waals surface area contributed by atoms with Gasteiger partial charge in [-0.2, -0.15) is 0 Å². The van der Waals surface area contributed by atoms with Gasteiger partial charge in [0.25, 0.3) is 0 Å². The molecule has 0 radical (unpaired) electrons.